The zero-order valence-corrected chi connectivity index (χ0v) is 17.4. The van der Waals surface area contributed by atoms with Gasteiger partial charge in [0, 0.05) is 20.1 Å². The zero-order valence-electron chi connectivity index (χ0n) is 14.3. The fourth-order valence-electron chi connectivity index (χ4n) is 1.85. The number of aliphatic hydroxyl groups is 1. The van der Waals surface area contributed by atoms with Crippen LogP contribution in [0.15, 0.2) is 45.3 Å². The average molecular weight is 530 g/mol. The summed E-state index contributed by atoms with van der Waals surface area (Å²) in [4.78, 5) is 21.2. The first-order valence-electron chi connectivity index (χ1n) is 7.62. The minimum Gasteiger partial charge on any atom is -0.461 e. The SMILES string of the molecule is CCOC(=O)C(F)(F)C(O)c1ccc(F)cc1Br.O=Cc1ccc(F)cc1Br. The van der Waals surface area contributed by atoms with Crippen LogP contribution >= 0.6 is 31.9 Å². The van der Waals surface area contributed by atoms with Gasteiger partial charge in [-0.25, -0.2) is 13.6 Å². The second-order valence-electron chi connectivity index (χ2n) is 5.20. The molecule has 0 saturated heterocycles. The van der Waals surface area contributed by atoms with Gasteiger partial charge in [-0.1, -0.05) is 22.0 Å². The van der Waals surface area contributed by atoms with Crippen LogP contribution in [0.4, 0.5) is 17.6 Å². The normalized spacial score (nSPS) is 11.9. The smallest absolute Gasteiger partial charge is 0.380 e. The van der Waals surface area contributed by atoms with Gasteiger partial charge in [-0.15, -0.1) is 0 Å². The van der Waals surface area contributed by atoms with Crippen LogP contribution < -0.4 is 0 Å². The molecule has 10 heteroatoms. The predicted octanol–water partition coefficient (Wildman–Crippen LogP) is 5.22. The maximum atomic E-state index is 13.5. The number of ether oxygens (including phenoxy) is 1. The molecule has 0 aliphatic heterocycles. The lowest BCUT2D eigenvalue weighted by Gasteiger charge is -2.21. The molecule has 0 bridgehead atoms. The molecular weight excluding hydrogens is 516 g/mol. The fourth-order valence-corrected chi connectivity index (χ4v) is 2.87. The van der Waals surface area contributed by atoms with Crippen LogP contribution in [-0.4, -0.2) is 29.9 Å². The largest absolute Gasteiger partial charge is 0.461 e. The van der Waals surface area contributed by atoms with E-state index in [1.165, 1.54) is 25.1 Å². The van der Waals surface area contributed by atoms with E-state index in [-0.39, 0.29) is 22.5 Å². The molecule has 0 fully saturated rings. The van der Waals surface area contributed by atoms with E-state index in [4.69, 9.17) is 0 Å². The number of esters is 1. The molecule has 0 aromatic heterocycles. The Bertz CT molecular complexity index is 846. The summed E-state index contributed by atoms with van der Waals surface area (Å²) >= 11 is 5.88. The number of hydrogen-bond acceptors (Lipinski definition) is 4. The second kappa shape index (κ2) is 10.7. The number of benzene rings is 2. The molecule has 2 aromatic rings. The van der Waals surface area contributed by atoms with Gasteiger partial charge in [0.05, 0.1) is 6.61 Å². The van der Waals surface area contributed by atoms with Gasteiger partial charge in [0.2, 0.25) is 0 Å². The highest BCUT2D eigenvalue weighted by Gasteiger charge is 2.49. The molecule has 28 heavy (non-hydrogen) atoms. The van der Waals surface area contributed by atoms with Gasteiger partial charge in [0.25, 0.3) is 0 Å². The number of carbonyl (C=O) groups excluding carboxylic acids is 2. The van der Waals surface area contributed by atoms with E-state index in [1.54, 1.807) is 0 Å². The highest BCUT2D eigenvalue weighted by molar-refractivity contribution is 9.10. The summed E-state index contributed by atoms with van der Waals surface area (Å²) in [5.74, 6) is -6.93. The van der Waals surface area contributed by atoms with Crippen molar-refractivity contribution >= 4 is 44.1 Å². The van der Waals surface area contributed by atoms with Crippen molar-refractivity contribution in [2.75, 3.05) is 6.61 Å². The molecule has 0 spiro atoms. The highest BCUT2D eigenvalue weighted by atomic mass is 79.9. The molecule has 1 atom stereocenters. The third-order valence-electron chi connectivity index (χ3n) is 3.24. The van der Waals surface area contributed by atoms with Gasteiger partial charge in [-0.2, -0.15) is 8.78 Å². The summed E-state index contributed by atoms with van der Waals surface area (Å²) in [6.45, 7) is 1.14. The van der Waals surface area contributed by atoms with E-state index >= 15 is 0 Å². The van der Waals surface area contributed by atoms with Crippen LogP contribution in [0.5, 0.6) is 0 Å². The molecule has 0 aliphatic rings. The third kappa shape index (κ3) is 6.39. The summed E-state index contributed by atoms with van der Waals surface area (Å²) in [5, 5.41) is 9.51. The molecule has 4 nitrogen and oxygen atoms in total. The van der Waals surface area contributed by atoms with Crippen molar-refractivity contribution in [2.45, 2.75) is 19.0 Å². The van der Waals surface area contributed by atoms with Crippen LogP contribution in [0, 0.1) is 11.6 Å². The lowest BCUT2D eigenvalue weighted by atomic mass is 10.0. The van der Waals surface area contributed by atoms with Crippen molar-refractivity contribution in [1.29, 1.82) is 0 Å². The van der Waals surface area contributed by atoms with Crippen LogP contribution in [0.2, 0.25) is 0 Å². The Balaban J connectivity index is 0.000000330. The Morgan fingerprint density at radius 3 is 2.14 bits per heavy atom. The summed E-state index contributed by atoms with van der Waals surface area (Å²) in [5.41, 5.74) is 0.163. The Labute approximate surface area is 174 Å². The minimum absolute atomic E-state index is 0.0565. The average Bonchev–Trinajstić information content (AvgIpc) is 2.62. The van der Waals surface area contributed by atoms with Crippen LogP contribution in [0.1, 0.15) is 28.9 Å². The number of alkyl halides is 2. The number of halogens is 6. The number of rotatable bonds is 5. The summed E-state index contributed by atoms with van der Waals surface area (Å²) in [7, 11) is 0. The molecular formula is C18H14Br2F4O4. The predicted molar refractivity (Wildman–Crippen MR) is 100 cm³/mol. The molecule has 2 aromatic carbocycles. The second-order valence-corrected chi connectivity index (χ2v) is 6.90. The summed E-state index contributed by atoms with van der Waals surface area (Å²) < 4.78 is 56.8. The first-order valence-corrected chi connectivity index (χ1v) is 9.21. The van der Waals surface area contributed by atoms with Gasteiger partial charge in [0.15, 0.2) is 12.4 Å². The number of aldehydes is 1. The van der Waals surface area contributed by atoms with E-state index in [1.807, 2.05) is 0 Å². The quantitative estimate of drug-likeness (QED) is 0.327. The van der Waals surface area contributed by atoms with Crippen molar-refractivity contribution in [2.24, 2.45) is 0 Å². The maximum absolute atomic E-state index is 13.5. The lowest BCUT2D eigenvalue weighted by molar-refractivity contribution is -0.189. The Morgan fingerprint density at radius 2 is 1.68 bits per heavy atom. The molecule has 0 radical (unpaired) electrons. The van der Waals surface area contributed by atoms with Crippen LogP contribution in [0.25, 0.3) is 0 Å². The Kier molecular flexibility index (Phi) is 9.25. The summed E-state index contributed by atoms with van der Waals surface area (Å²) in [6.07, 6.45) is -1.74. The third-order valence-corrected chi connectivity index (χ3v) is 4.61. The first-order chi connectivity index (χ1) is 13.0. The molecule has 1 unspecified atom stereocenters. The standard InChI is InChI=1S/C11H10BrF3O3.C7H4BrFO/c1-2-18-10(17)11(14,15)9(16)7-4-3-6(13)5-8(7)12;8-7-3-6(9)2-1-5(7)4-10/h3-5,9,16H,2H2,1H3;1-4H. The van der Waals surface area contributed by atoms with E-state index in [2.05, 4.69) is 36.6 Å². The van der Waals surface area contributed by atoms with E-state index < -0.39 is 23.8 Å². The topological polar surface area (TPSA) is 63.6 Å². The number of aliphatic hydroxyl groups excluding tert-OH is 1. The molecule has 152 valence electrons. The molecule has 0 aliphatic carbocycles. The van der Waals surface area contributed by atoms with Crippen molar-refractivity contribution < 1.29 is 37.0 Å². The number of carbonyl (C=O) groups is 2. The molecule has 0 amide bonds. The van der Waals surface area contributed by atoms with Gasteiger partial charge in [0.1, 0.15) is 11.6 Å². The van der Waals surface area contributed by atoms with Gasteiger partial charge < -0.3 is 9.84 Å². The van der Waals surface area contributed by atoms with Crippen LogP contribution in [0.3, 0.4) is 0 Å². The van der Waals surface area contributed by atoms with Crippen molar-refractivity contribution in [3.8, 4) is 0 Å². The van der Waals surface area contributed by atoms with Crippen LogP contribution in [-0.2, 0) is 9.53 Å². The van der Waals surface area contributed by atoms with E-state index in [9.17, 15) is 32.3 Å². The maximum Gasteiger partial charge on any atom is 0.380 e. The lowest BCUT2D eigenvalue weighted by Crippen LogP contribution is -2.37. The first kappa shape index (κ1) is 24.3. The fraction of sp³-hybridized carbons (Fsp3) is 0.222. The minimum atomic E-state index is -4.10. The molecule has 0 saturated carbocycles. The van der Waals surface area contributed by atoms with E-state index in [0.717, 1.165) is 18.2 Å². The van der Waals surface area contributed by atoms with Crippen molar-refractivity contribution in [3.63, 3.8) is 0 Å². The van der Waals surface area contributed by atoms with Gasteiger partial charge in [-0.3, -0.25) is 4.79 Å². The van der Waals surface area contributed by atoms with E-state index in [0.29, 0.717) is 16.3 Å². The number of hydrogen-bond donors (Lipinski definition) is 1. The monoisotopic (exact) mass is 528 g/mol. The molecule has 0 heterocycles. The van der Waals surface area contributed by atoms with Crippen molar-refractivity contribution in [1.82, 2.24) is 0 Å². The molecule has 2 rings (SSSR count). The van der Waals surface area contributed by atoms with Gasteiger partial charge in [-0.05, 0) is 53.2 Å². The van der Waals surface area contributed by atoms with Crippen molar-refractivity contribution in [3.05, 3.63) is 68.1 Å². The Morgan fingerprint density at radius 1 is 1.14 bits per heavy atom. The Hall–Kier alpha value is -1.78. The van der Waals surface area contributed by atoms with Gasteiger partial charge >= 0.3 is 11.9 Å². The molecule has 1 N–H and O–H groups in total. The highest BCUT2D eigenvalue weighted by Crippen LogP contribution is 2.36. The summed E-state index contributed by atoms with van der Waals surface area (Å²) in [6, 6.07) is 6.71. The zero-order chi connectivity index (χ0) is 21.5.